The van der Waals surface area contributed by atoms with Gasteiger partial charge in [0.15, 0.2) is 0 Å². The number of nitrogen functional groups attached to an aromatic ring is 1. The predicted molar refractivity (Wildman–Crippen MR) is 117 cm³/mol. The molecule has 1 fully saturated rings. The van der Waals surface area contributed by atoms with E-state index in [-0.39, 0.29) is 23.7 Å². The molecule has 0 aliphatic carbocycles. The van der Waals surface area contributed by atoms with Crippen LogP contribution in [0.2, 0.25) is 0 Å². The van der Waals surface area contributed by atoms with E-state index in [2.05, 4.69) is 31.3 Å². The number of pyridine rings is 1. The third-order valence-electron chi connectivity index (χ3n) is 5.08. The Kier molecular flexibility index (Phi) is 5.54. The number of carbonyl (C=O) groups excluding carboxylic acids is 2. The lowest BCUT2D eigenvalue weighted by Gasteiger charge is -2.17. The quantitative estimate of drug-likeness (QED) is 0.611. The van der Waals surface area contributed by atoms with Crippen LogP contribution in [-0.2, 0) is 7.05 Å². The number of anilines is 1. The van der Waals surface area contributed by atoms with E-state index in [1.165, 1.54) is 0 Å². The van der Waals surface area contributed by atoms with Gasteiger partial charge in [-0.25, -0.2) is 4.98 Å². The third-order valence-corrected chi connectivity index (χ3v) is 5.58. The van der Waals surface area contributed by atoms with Crippen LogP contribution in [0.15, 0.2) is 53.4 Å². The highest BCUT2D eigenvalue weighted by Crippen LogP contribution is 2.22. The molecule has 3 N–H and O–H groups in total. The van der Waals surface area contributed by atoms with Gasteiger partial charge >= 0.3 is 0 Å². The maximum atomic E-state index is 12.8. The van der Waals surface area contributed by atoms with Crippen LogP contribution >= 0.6 is 15.9 Å². The van der Waals surface area contributed by atoms with Crippen molar-refractivity contribution in [2.75, 3.05) is 18.8 Å². The van der Waals surface area contributed by atoms with Crippen molar-refractivity contribution >= 4 is 33.6 Å². The molecule has 8 nitrogen and oxygen atoms in total. The molecule has 0 radical (unpaired) electrons. The summed E-state index contributed by atoms with van der Waals surface area (Å²) in [5.41, 5.74) is 8.50. The van der Waals surface area contributed by atoms with E-state index < -0.39 is 0 Å². The van der Waals surface area contributed by atoms with Crippen molar-refractivity contribution < 1.29 is 9.59 Å². The molecule has 0 bridgehead atoms. The van der Waals surface area contributed by atoms with Gasteiger partial charge in [0.05, 0.1) is 11.8 Å². The summed E-state index contributed by atoms with van der Waals surface area (Å²) in [5.74, 6) is -0.180. The number of halogens is 1. The summed E-state index contributed by atoms with van der Waals surface area (Å²) in [6, 6.07) is 8.86. The fourth-order valence-corrected chi connectivity index (χ4v) is 3.91. The first kappa shape index (κ1) is 20.1. The van der Waals surface area contributed by atoms with Gasteiger partial charge < -0.3 is 16.0 Å². The summed E-state index contributed by atoms with van der Waals surface area (Å²) < 4.78 is 2.54. The number of carbonyl (C=O) groups is 2. The highest BCUT2D eigenvalue weighted by molar-refractivity contribution is 9.10. The van der Waals surface area contributed by atoms with E-state index in [0.29, 0.717) is 30.6 Å². The lowest BCUT2D eigenvalue weighted by atomic mass is 10.1. The highest BCUT2D eigenvalue weighted by atomic mass is 79.9. The lowest BCUT2D eigenvalue weighted by Crippen LogP contribution is -2.38. The number of aromatic nitrogens is 3. The van der Waals surface area contributed by atoms with Crippen LogP contribution < -0.4 is 11.1 Å². The predicted octanol–water partition coefficient (Wildman–Crippen LogP) is 2.47. The Labute approximate surface area is 182 Å². The molecule has 0 spiro atoms. The van der Waals surface area contributed by atoms with Gasteiger partial charge in [-0.2, -0.15) is 5.10 Å². The molecule has 30 heavy (non-hydrogen) atoms. The number of likely N-dealkylation sites (tertiary alicyclic amines) is 1. The van der Waals surface area contributed by atoms with Crippen LogP contribution in [-0.4, -0.2) is 50.6 Å². The Hall–Kier alpha value is -3.20. The summed E-state index contributed by atoms with van der Waals surface area (Å²) in [5, 5.41) is 7.13. The molecule has 1 aliphatic rings. The Morgan fingerprint density at radius 1 is 1.23 bits per heavy atom. The fraction of sp³-hybridized carbons (Fsp3) is 0.238. The van der Waals surface area contributed by atoms with Crippen LogP contribution in [0, 0.1) is 0 Å². The first-order valence-electron chi connectivity index (χ1n) is 9.51. The lowest BCUT2D eigenvalue weighted by molar-refractivity contribution is 0.0783. The van der Waals surface area contributed by atoms with Crippen molar-refractivity contribution in [3.63, 3.8) is 0 Å². The number of rotatable bonds is 4. The van der Waals surface area contributed by atoms with Gasteiger partial charge in [0.25, 0.3) is 11.8 Å². The SMILES string of the molecule is Cn1cc(-c2cnc(N)c(C(=O)N[C@@H]3CCN(C(=O)c4cccc(Br)c4)C3)c2)cn1. The zero-order valence-corrected chi connectivity index (χ0v) is 18.0. The molecule has 0 unspecified atom stereocenters. The molecule has 1 aliphatic heterocycles. The molecule has 3 aromatic rings. The van der Waals surface area contributed by atoms with Gasteiger partial charge in [0.1, 0.15) is 5.82 Å². The minimum Gasteiger partial charge on any atom is -0.383 e. The average molecular weight is 469 g/mol. The van der Waals surface area contributed by atoms with Crippen molar-refractivity contribution in [3.05, 3.63) is 64.5 Å². The zero-order chi connectivity index (χ0) is 21.3. The topological polar surface area (TPSA) is 106 Å². The number of amides is 2. The minimum absolute atomic E-state index is 0.0483. The Balaban J connectivity index is 1.44. The van der Waals surface area contributed by atoms with Crippen molar-refractivity contribution in [2.24, 2.45) is 7.05 Å². The van der Waals surface area contributed by atoms with E-state index in [1.807, 2.05) is 25.4 Å². The third kappa shape index (κ3) is 4.20. The molecule has 9 heteroatoms. The fourth-order valence-electron chi connectivity index (χ4n) is 3.52. The molecule has 1 aromatic carbocycles. The highest BCUT2D eigenvalue weighted by Gasteiger charge is 2.29. The molecule has 3 heterocycles. The number of benzene rings is 1. The summed E-state index contributed by atoms with van der Waals surface area (Å²) in [6.45, 7) is 1.03. The average Bonchev–Trinajstić information content (AvgIpc) is 3.37. The van der Waals surface area contributed by atoms with Gasteiger partial charge in [-0.3, -0.25) is 14.3 Å². The van der Waals surface area contributed by atoms with Gasteiger partial charge in [0, 0.05) is 59.7 Å². The van der Waals surface area contributed by atoms with E-state index >= 15 is 0 Å². The van der Waals surface area contributed by atoms with E-state index in [4.69, 9.17) is 5.73 Å². The number of nitrogens with one attached hydrogen (secondary N) is 1. The standard InChI is InChI=1S/C21H21BrN6O2/c1-27-11-15(10-25-27)14-8-18(19(23)24-9-14)20(29)26-17-5-6-28(12-17)21(30)13-3-2-4-16(22)7-13/h2-4,7-11,17H,5-6,12H2,1H3,(H2,23,24)(H,26,29)/t17-/m1/s1. The summed E-state index contributed by atoms with van der Waals surface area (Å²) in [4.78, 5) is 31.5. The Morgan fingerprint density at radius 2 is 2.07 bits per heavy atom. The monoisotopic (exact) mass is 468 g/mol. The molecule has 154 valence electrons. The van der Waals surface area contributed by atoms with Crippen LogP contribution in [0.5, 0.6) is 0 Å². The van der Waals surface area contributed by atoms with Crippen LogP contribution in [0.3, 0.4) is 0 Å². The molecule has 1 atom stereocenters. The van der Waals surface area contributed by atoms with Gasteiger partial charge in [-0.1, -0.05) is 22.0 Å². The minimum atomic E-state index is -0.299. The van der Waals surface area contributed by atoms with Crippen molar-refractivity contribution in [3.8, 4) is 11.1 Å². The van der Waals surface area contributed by atoms with Crippen LogP contribution in [0.25, 0.3) is 11.1 Å². The Morgan fingerprint density at radius 3 is 2.80 bits per heavy atom. The van der Waals surface area contributed by atoms with E-state index in [0.717, 1.165) is 15.6 Å². The first-order valence-corrected chi connectivity index (χ1v) is 10.3. The normalized spacial score (nSPS) is 15.9. The molecule has 2 amide bonds. The molecule has 0 saturated carbocycles. The second kappa shape index (κ2) is 8.27. The number of nitrogens with zero attached hydrogens (tertiary/aromatic N) is 4. The van der Waals surface area contributed by atoms with E-state index in [1.54, 1.807) is 40.2 Å². The molecular weight excluding hydrogens is 448 g/mol. The van der Waals surface area contributed by atoms with Crippen LogP contribution in [0.4, 0.5) is 5.82 Å². The summed E-state index contributed by atoms with van der Waals surface area (Å²) in [6.07, 6.45) is 5.85. The van der Waals surface area contributed by atoms with Crippen LogP contribution in [0.1, 0.15) is 27.1 Å². The maximum absolute atomic E-state index is 12.8. The second-order valence-electron chi connectivity index (χ2n) is 7.28. The molecule has 1 saturated heterocycles. The van der Waals surface area contributed by atoms with Gasteiger partial charge in [0.2, 0.25) is 0 Å². The molecular formula is C21H21BrN6O2. The van der Waals surface area contributed by atoms with Gasteiger partial charge in [-0.15, -0.1) is 0 Å². The Bertz CT molecular complexity index is 1110. The molecule has 2 aromatic heterocycles. The largest absolute Gasteiger partial charge is 0.383 e. The summed E-state index contributed by atoms with van der Waals surface area (Å²) >= 11 is 3.39. The van der Waals surface area contributed by atoms with Crippen molar-refractivity contribution in [1.82, 2.24) is 25.0 Å². The number of nitrogens with two attached hydrogens (primary N) is 1. The number of hydrogen-bond acceptors (Lipinski definition) is 5. The summed E-state index contributed by atoms with van der Waals surface area (Å²) in [7, 11) is 1.82. The van der Waals surface area contributed by atoms with E-state index in [9.17, 15) is 9.59 Å². The smallest absolute Gasteiger partial charge is 0.255 e. The van der Waals surface area contributed by atoms with Crippen molar-refractivity contribution in [1.29, 1.82) is 0 Å². The van der Waals surface area contributed by atoms with Gasteiger partial charge in [-0.05, 0) is 30.7 Å². The molecule has 4 rings (SSSR count). The first-order chi connectivity index (χ1) is 14.4. The number of hydrogen-bond donors (Lipinski definition) is 2. The zero-order valence-electron chi connectivity index (χ0n) is 16.4. The number of aryl methyl sites for hydroxylation is 1. The van der Waals surface area contributed by atoms with Crippen molar-refractivity contribution in [2.45, 2.75) is 12.5 Å². The second-order valence-corrected chi connectivity index (χ2v) is 8.20. The maximum Gasteiger partial charge on any atom is 0.255 e.